The van der Waals surface area contributed by atoms with Gasteiger partial charge in [0.25, 0.3) is 5.91 Å². The highest BCUT2D eigenvalue weighted by Crippen LogP contribution is 2.21. The molecule has 1 aromatic carbocycles. The van der Waals surface area contributed by atoms with Crippen LogP contribution >= 0.6 is 23.2 Å². The lowest BCUT2D eigenvalue weighted by Crippen LogP contribution is -2.32. The average Bonchev–Trinajstić information content (AvgIpc) is 2.15. The van der Waals surface area contributed by atoms with E-state index in [0.29, 0.717) is 5.02 Å². The van der Waals surface area contributed by atoms with Crippen molar-refractivity contribution in [1.82, 2.24) is 4.90 Å². The normalized spacial score (nSPS) is 9.94. The van der Waals surface area contributed by atoms with Gasteiger partial charge >= 0.3 is 5.97 Å². The minimum absolute atomic E-state index is 0.203. The molecule has 4 nitrogen and oxygen atoms in total. The number of likely N-dealkylation sites (N-methyl/N-ethyl adjacent to an activating group) is 1. The molecule has 6 heteroatoms. The number of carbonyl (C=O) groups excluding carboxylic acids is 1. The number of carbonyl (C=O) groups is 2. The number of halogens is 2. The molecular weight excluding hydrogens is 253 g/mol. The summed E-state index contributed by atoms with van der Waals surface area (Å²) in [5.41, 5.74) is 0.231. The van der Waals surface area contributed by atoms with E-state index in [1.54, 1.807) is 0 Å². The van der Waals surface area contributed by atoms with Gasteiger partial charge in [-0.25, -0.2) is 0 Å². The van der Waals surface area contributed by atoms with E-state index in [2.05, 4.69) is 0 Å². The van der Waals surface area contributed by atoms with Gasteiger partial charge in [-0.3, -0.25) is 9.59 Å². The van der Waals surface area contributed by atoms with Crippen molar-refractivity contribution in [2.45, 2.75) is 0 Å². The molecule has 0 heterocycles. The van der Waals surface area contributed by atoms with Crippen LogP contribution in [0.5, 0.6) is 0 Å². The van der Waals surface area contributed by atoms with Gasteiger partial charge in [0.05, 0.1) is 10.6 Å². The van der Waals surface area contributed by atoms with Gasteiger partial charge in [0.15, 0.2) is 0 Å². The second-order valence-corrected chi connectivity index (χ2v) is 4.02. The number of hydrogen-bond donors (Lipinski definition) is 1. The first-order valence-corrected chi connectivity index (χ1v) is 5.09. The Morgan fingerprint density at radius 1 is 1.38 bits per heavy atom. The third kappa shape index (κ3) is 3.12. The lowest BCUT2D eigenvalue weighted by Gasteiger charge is -2.15. The molecule has 1 N–H and O–H groups in total. The first kappa shape index (κ1) is 12.8. The molecule has 16 heavy (non-hydrogen) atoms. The quantitative estimate of drug-likeness (QED) is 0.907. The van der Waals surface area contributed by atoms with Crippen molar-refractivity contribution in [3.8, 4) is 0 Å². The van der Waals surface area contributed by atoms with Crippen molar-refractivity contribution in [2.24, 2.45) is 0 Å². The second-order valence-electron chi connectivity index (χ2n) is 3.18. The molecule has 0 saturated heterocycles. The Bertz CT molecular complexity index is 434. The summed E-state index contributed by atoms with van der Waals surface area (Å²) in [4.78, 5) is 23.3. The summed E-state index contributed by atoms with van der Waals surface area (Å²) in [6, 6.07) is 4.42. The highest BCUT2D eigenvalue weighted by molar-refractivity contribution is 6.36. The number of carboxylic acid groups (broad SMARTS) is 1. The molecule has 0 bridgehead atoms. The fraction of sp³-hybridized carbons (Fsp3) is 0.200. The molecule has 0 spiro atoms. The summed E-state index contributed by atoms with van der Waals surface area (Å²) in [6.45, 7) is -0.377. The van der Waals surface area contributed by atoms with E-state index in [4.69, 9.17) is 28.3 Å². The summed E-state index contributed by atoms with van der Waals surface area (Å²) in [6.07, 6.45) is 0. The summed E-state index contributed by atoms with van der Waals surface area (Å²) in [5.74, 6) is -1.54. The molecule has 1 aromatic rings. The molecule has 1 amide bonds. The van der Waals surface area contributed by atoms with Gasteiger partial charge in [-0.05, 0) is 18.2 Å². The highest BCUT2D eigenvalue weighted by atomic mass is 35.5. The Morgan fingerprint density at radius 2 is 2.00 bits per heavy atom. The van der Waals surface area contributed by atoms with Crippen molar-refractivity contribution in [3.05, 3.63) is 33.8 Å². The van der Waals surface area contributed by atoms with Crippen LogP contribution in [0.25, 0.3) is 0 Å². The fourth-order valence-electron chi connectivity index (χ4n) is 1.14. The Labute approximate surface area is 102 Å². The van der Waals surface area contributed by atoms with Crippen molar-refractivity contribution in [2.75, 3.05) is 13.6 Å². The van der Waals surface area contributed by atoms with Crippen LogP contribution in [0.4, 0.5) is 0 Å². The van der Waals surface area contributed by atoms with Crippen LogP contribution in [0, 0.1) is 0 Å². The monoisotopic (exact) mass is 261 g/mol. The highest BCUT2D eigenvalue weighted by Gasteiger charge is 2.17. The van der Waals surface area contributed by atoms with E-state index < -0.39 is 11.9 Å². The summed E-state index contributed by atoms with van der Waals surface area (Å²) < 4.78 is 0. The maximum atomic E-state index is 11.7. The predicted molar refractivity (Wildman–Crippen MR) is 61.1 cm³/mol. The standard InChI is InChI=1S/C10H9Cl2NO3/c1-13(5-9(14)15)10(16)7-3-2-6(11)4-8(7)12/h2-4H,5H2,1H3,(H,14,15). The van der Waals surface area contributed by atoms with E-state index in [-0.39, 0.29) is 17.1 Å². The molecule has 0 aliphatic rings. The van der Waals surface area contributed by atoms with Crippen LogP contribution < -0.4 is 0 Å². The molecule has 0 saturated carbocycles. The van der Waals surface area contributed by atoms with Gasteiger partial charge in [-0.1, -0.05) is 23.2 Å². The number of benzene rings is 1. The summed E-state index contributed by atoms with van der Waals surface area (Å²) in [5, 5.41) is 9.17. The van der Waals surface area contributed by atoms with Crippen LogP contribution in [0.3, 0.4) is 0 Å². The van der Waals surface area contributed by atoms with Gasteiger partial charge in [0.2, 0.25) is 0 Å². The SMILES string of the molecule is CN(CC(=O)O)C(=O)c1ccc(Cl)cc1Cl. The van der Waals surface area contributed by atoms with Crippen LogP contribution in [-0.2, 0) is 4.79 Å². The average molecular weight is 262 g/mol. The zero-order valence-electron chi connectivity index (χ0n) is 8.41. The number of aliphatic carboxylic acids is 1. The molecule has 0 atom stereocenters. The largest absolute Gasteiger partial charge is 0.480 e. The molecule has 0 unspecified atom stereocenters. The number of nitrogens with zero attached hydrogens (tertiary/aromatic N) is 1. The first-order chi connectivity index (χ1) is 7.41. The Hall–Kier alpha value is -1.26. The Kier molecular flexibility index (Phi) is 4.15. The molecule has 0 radical (unpaired) electrons. The zero-order chi connectivity index (χ0) is 12.3. The van der Waals surface area contributed by atoms with E-state index in [9.17, 15) is 9.59 Å². The molecule has 0 fully saturated rings. The van der Waals surface area contributed by atoms with Crippen LogP contribution in [0.15, 0.2) is 18.2 Å². The van der Waals surface area contributed by atoms with E-state index in [1.807, 2.05) is 0 Å². The second kappa shape index (κ2) is 5.18. The van der Waals surface area contributed by atoms with Gasteiger partial charge in [-0.2, -0.15) is 0 Å². The van der Waals surface area contributed by atoms with Crippen molar-refractivity contribution in [3.63, 3.8) is 0 Å². The van der Waals surface area contributed by atoms with E-state index in [1.165, 1.54) is 25.2 Å². The zero-order valence-corrected chi connectivity index (χ0v) is 9.92. The van der Waals surface area contributed by atoms with Gasteiger partial charge in [-0.15, -0.1) is 0 Å². The Morgan fingerprint density at radius 3 is 2.50 bits per heavy atom. The summed E-state index contributed by atoms with van der Waals surface area (Å²) >= 11 is 11.5. The molecule has 1 rings (SSSR count). The molecule has 0 aromatic heterocycles. The van der Waals surface area contributed by atoms with Crippen molar-refractivity contribution >= 4 is 35.1 Å². The first-order valence-electron chi connectivity index (χ1n) is 4.34. The van der Waals surface area contributed by atoms with Crippen molar-refractivity contribution in [1.29, 1.82) is 0 Å². The molecular formula is C10H9Cl2NO3. The van der Waals surface area contributed by atoms with E-state index in [0.717, 1.165) is 4.90 Å². The number of hydrogen-bond acceptors (Lipinski definition) is 2. The van der Waals surface area contributed by atoms with Gasteiger partial charge in [0, 0.05) is 12.1 Å². The number of rotatable bonds is 3. The maximum absolute atomic E-state index is 11.7. The minimum atomic E-state index is -1.08. The number of amides is 1. The Balaban J connectivity index is 2.92. The third-order valence-corrected chi connectivity index (χ3v) is 2.43. The third-order valence-electron chi connectivity index (χ3n) is 1.88. The number of carboxylic acids is 1. The maximum Gasteiger partial charge on any atom is 0.323 e. The van der Waals surface area contributed by atoms with Crippen LogP contribution in [-0.4, -0.2) is 35.5 Å². The van der Waals surface area contributed by atoms with Crippen molar-refractivity contribution < 1.29 is 14.7 Å². The van der Waals surface area contributed by atoms with Gasteiger partial charge in [0.1, 0.15) is 6.54 Å². The minimum Gasteiger partial charge on any atom is -0.480 e. The van der Waals surface area contributed by atoms with E-state index >= 15 is 0 Å². The van der Waals surface area contributed by atoms with Gasteiger partial charge < -0.3 is 10.0 Å². The lowest BCUT2D eigenvalue weighted by atomic mass is 10.2. The fourth-order valence-corrected chi connectivity index (χ4v) is 1.63. The smallest absolute Gasteiger partial charge is 0.323 e. The predicted octanol–water partition coefficient (Wildman–Crippen LogP) is 2.15. The molecule has 86 valence electrons. The topological polar surface area (TPSA) is 57.6 Å². The van der Waals surface area contributed by atoms with Crippen LogP contribution in [0.1, 0.15) is 10.4 Å². The lowest BCUT2D eigenvalue weighted by molar-refractivity contribution is -0.137. The molecule has 0 aliphatic heterocycles. The summed E-state index contributed by atoms with van der Waals surface area (Å²) in [7, 11) is 1.39. The molecule has 0 aliphatic carbocycles. The van der Waals surface area contributed by atoms with Crippen LogP contribution in [0.2, 0.25) is 10.0 Å².